The van der Waals surface area contributed by atoms with E-state index in [4.69, 9.17) is 25.0 Å². The Morgan fingerprint density at radius 1 is 1.15 bits per heavy atom. The van der Waals surface area contributed by atoms with E-state index in [0.29, 0.717) is 47.1 Å². The Labute approximate surface area is 192 Å². The van der Waals surface area contributed by atoms with Crippen molar-refractivity contribution in [3.8, 4) is 22.8 Å². The van der Waals surface area contributed by atoms with Crippen molar-refractivity contribution in [1.29, 1.82) is 0 Å². The molecule has 4 rings (SSSR count). The van der Waals surface area contributed by atoms with Crippen LogP contribution in [0.1, 0.15) is 39.7 Å². The first-order valence-corrected chi connectivity index (χ1v) is 10.9. The molecule has 1 saturated heterocycles. The second-order valence-corrected chi connectivity index (χ2v) is 9.04. The number of anilines is 1. The maximum Gasteiger partial charge on any atom is 0.410 e. The van der Waals surface area contributed by atoms with E-state index in [1.807, 2.05) is 43.7 Å². The molecule has 10 nitrogen and oxygen atoms in total. The van der Waals surface area contributed by atoms with Crippen LogP contribution in [0.15, 0.2) is 24.5 Å². The molecule has 0 saturated carbocycles. The minimum Gasteiger partial charge on any atom is -0.493 e. The van der Waals surface area contributed by atoms with Crippen LogP contribution >= 0.6 is 0 Å². The number of ether oxygens (including phenoxy) is 3. The van der Waals surface area contributed by atoms with Gasteiger partial charge in [-0.05, 0) is 51.8 Å². The molecular formula is C23H30N6O4. The van der Waals surface area contributed by atoms with E-state index in [0.717, 1.165) is 18.4 Å². The van der Waals surface area contributed by atoms with Crippen molar-refractivity contribution in [3.05, 3.63) is 24.5 Å². The maximum absolute atomic E-state index is 12.7. The van der Waals surface area contributed by atoms with Crippen molar-refractivity contribution in [2.24, 2.45) is 0 Å². The lowest BCUT2D eigenvalue weighted by molar-refractivity contribution is 0.0169. The summed E-state index contributed by atoms with van der Waals surface area (Å²) in [5.41, 5.74) is 7.80. The number of methoxy groups -OCH3 is 2. The summed E-state index contributed by atoms with van der Waals surface area (Å²) >= 11 is 0. The number of nitrogens with zero attached hydrogens (tertiary/aromatic N) is 5. The summed E-state index contributed by atoms with van der Waals surface area (Å²) < 4.78 is 18.3. The van der Waals surface area contributed by atoms with Crippen molar-refractivity contribution < 1.29 is 19.0 Å². The van der Waals surface area contributed by atoms with Crippen molar-refractivity contribution >= 4 is 22.9 Å². The fourth-order valence-corrected chi connectivity index (χ4v) is 4.08. The second-order valence-electron chi connectivity index (χ2n) is 9.04. The first-order chi connectivity index (χ1) is 15.7. The number of carbonyl (C=O) groups is 1. The predicted octanol–water partition coefficient (Wildman–Crippen LogP) is 3.66. The standard InChI is InChI=1S/C23H30N6O4/c1-23(2,3)33-22(30)28-10-6-7-15(12-28)29-21-18(20(24)25-13-26-21)19(27-29)14-8-9-16(31-4)17(11-14)32-5/h8-9,11,13,15H,6-7,10,12H2,1-5H3,(H2,24,25,26)/t15-/m1/s1. The van der Waals surface area contributed by atoms with Gasteiger partial charge in [0.05, 0.1) is 25.6 Å². The third kappa shape index (κ3) is 4.50. The number of amides is 1. The zero-order valence-electron chi connectivity index (χ0n) is 19.7. The minimum atomic E-state index is -0.551. The molecule has 176 valence electrons. The highest BCUT2D eigenvalue weighted by Gasteiger charge is 2.31. The number of carbonyl (C=O) groups excluding carboxylic acids is 1. The summed E-state index contributed by atoms with van der Waals surface area (Å²) in [6, 6.07) is 5.50. The lowest BCUT2D eigenvalue weighted by Crippen LogP contribution is -2.43. The van der Waals surface area contributed by atoms with Gasteiger partial charge in [0.1, 0.15) is 23.4 Å². The smallest absolute Gasteiger partial charge is 0.410 e. The van der Waals surface area contributed by atoms with Crippen LogP contribution < -0.4 is 15.2 Å². The Hall–Kier alpha value is -3.56. The zero-order valence-corrected chi connectivity index (χ0v) is 19.7. The summed E-state index contributed by atoms with van der Waals surface area (Å²) in [5, 5.41) is 5.57. The number of hydrogen-bond acceptors (Lipinski definition) is 8. The maximum atomic E-state index is 12.7. The molecular weight excluding hydrogens is 424 g/mol. The number of piperidine rings is 1. The Bertz CT molecular complexity index is 1170. The third-order valence-corrected chi connectivity index (χ3v) is 5.57. The van der Waals surface area contributed by atoms with Gasteiger partial charge in [-0.2, -0.15) is 5.10 Å². The van der Waals surface area contributed by atoms with Crippen molar-refractivity contribution in [2.75, 3.05) is 33.0 Å². The first kappa shape index (κ1) is 22.6. The quantitative estimate of drug-likeness (QED) is 0.635. The van der Waals surface area contributed by atoms with Gasteiger partial charge in [-0.1, -0.05) is 0 Å². The van der Waals surface area contributed by atoms with E-state index in [1.165, 1.54) is 6.33 Å². The molecule has 0 unspecified atom stereocenters. The summed E-state index contributed by atoms with van der Waals surface area (Å²) in [6.45, 7) is 6.71. The van der Waals surface area contributed by atoms with Crippen LogP contribution in [-0.2, 0) is 4.74 Å². The summed E-state index contributed by atoms with van der Waals surface area (Å²) in [7, 11) is 3.18. The van der Waals surface area contributed by atoms with Crippen LogP contribution in [0, 0.1) is 0 Å². The molecule has 3 aromatic rings. The first-order valence-electron chi connectivity index (χ1n) is 10.9. The van der Waals surface area contributed by atoms with Crippen molar-refractivity contribution in [3.63, 3.8) is 0 Å². The number of rotatable bonds is 4. The van der Waals surface area contributed by atoms with Gasteiger partial charge < -0.3 is 24.8 Å². The van der Waals surface area contributed by atoms with Crippen LogP contribution in [-0.4, -0.2) is 63.7 Å². The molecule has 10 heteroatoms. The average molecular weight is 455 g/mol. The van der Waals surface area contributed by atoms with E-state index in [2.05, 4.69) is 9.97 Å². The fourth-order valence-electron chi connectivity index (χ4n) is 4.08. The highest BCUT2D eigenvalue weighted by atomic mass is 16.6. The molecule has 0 radical (unpaired) electrons. The molecule has 2 N–H and O–H groups in total. The molecule has 1 atom stereocenters. The fraction of sp³-hybridized carbons (Fsp3) is 0.478. The van der Waals surface area contributed by atoms with Crippen LogP contribution in [0.25, 0.3) is 22.3 Å². The highest BCUT2D eigenvalue weighted by Crippen LogP contribution is 2.37. The molecule has 3 heterocycles. The molecule has 1 fully saturated rings. The number of nitrogens with two attached hydrogens (primary N) is 1. The topological polar surface area (TPSA) is 118 Å². The van der Waals surface area contributed by atoms with Gasteiger partial charge >= 0.3 is 6.09 Å². The highest BCUT2D eigenvalue weighted by molar-refractivity contribution is 5.98. The number of likely N-dealkylation sites (tertiary alicyclic amines) is 1. The van der Waals surface area contributed by atoms with Crippen LogP contribution in [0.2, 0.25) is 0 Å². The number of nitrogen functional groups attached to an aromatic ring is 1. The number of benzene rings is 1. The minimum absolute atomic E-state index is 0.0723. The largest absolute Gasteiger partial charge is 0.493 e. The summed E-state index contributed by atoms with van der Waals surface area (Å²) in [4.78, 5) is 23.1. The van der Waals surface area contributed by atoms with Gasteiger partial charge in [-0.15, -0.1) is 0 Å². The Kier molecular flexibility index (Phi) is 6.01. The van der Waals surface area contributed by atoms with Gasteiger partial charge in [0.2, 0.25) is 0 Å². The molecule has 1 amide bonds. The van der Waals surface area contributed by atoms with E-state index >= 15 is 0 Å². The molecule has 0 spiro atoms. The Morgan fingerprint density at radius 2 is 1.91 bits per heavy atom. The number of hydrogen-bond donors (Lipinski definition) is 1. The number of fused-ring (bicyclic) bond motifs is 1. The van der Waals surface area contributed by atoms with Crippen LogP contribution in [0.4, 0.5) is 10.6 Å². The Morgan fingerprint density at radius 3 is 2.61 bits per heavy atom. The molecule has 0 bridgehead atoms. The molecule has 0 aliphatic carbocycles. The normalized spacial score (nSPS) is 16.6. The van der Waals surface area contributed by atoms with Crippen molar-refractivity contribution in [1.82, 2.24) is 24.6 Å². The molecule has 1 aromatic carbocycles. The van der Waals surface area contributed by atoms with E-state index < -0.39 is 5.60 Å². The van der Waals surface area contributed by atoms with E-state index in [-0.39, 0.29) is 12.1 Å². The molecule has 33 heavy (non-hydrogen) atoms. The van der Waals surface area contributed by atoms with Gasteiger partial charge in [0.25, 0.3) is 0 Å². The van der Waals surface area contributed by atoms with Crippen LogP contribution in [0.3, 0.4) is 0 Å². The summed E-state index contributed by atoms with van der Waals surface area (Å²) in [6.07, 6.45) is 2.80. The average Bonchev–Trinajstić information content (AvgIpc) is 3.18. The second kappa shape index (κ2) is 8.76. The van der Waals surface area contributed by atoms with Gasteiger partial charge in [0.15, 0.2) is 17.1 Å². The predicted molar refractivity (Wildman–Crippen MR) is 124 cm³/mol. The number of aromatic nitrogens is 4. The molecule has 1 aliphatic heterocycles. The van der Waals surface area contributed by atoms with Gasteiger partial charge in [0, 0.05) is 18.7 Å². The molecule has 1 aliphatic rings. The zero-order chi connectivity index (χ0) is 23.8. The van der Waals surface area contributed by atoms with Crippen molar-refractivity contribution in [2.45, 2.75) is 45.3 Å². The van der Waals surface area contributed by atoms with E-state index in [9.17, 15) is 4.79 Å². The van der Waals surface area contributed by atoms with Gasteiger partial charge in [-0.25, -0.2) is 19.4 Å². The van der Waals surface area contributed by atoms with Crippen LogP contribution in [0.5, 0.6) is 11.5 Å². The SMILES string of the molecule is COc1ccc(-c2nn([C@@H]3CCCN(C(=O)OC(C)(C)C)C3)c3ncnc(N)c23)cc1OC. The molecule has 2 aromatic heterocycles. The lowest BCUT2D eigenvalue weighted by Gasteiger charge is -2.34. The Balaban J connectivity index is 1.74. The summed E-state index contributed by atoms with van der Waals surface area (Å²) in [5.74, 6) is 1.55. The monoisotopic (exact) mass is 454 g/mol. The third-order valence-electron chi connectivity index (χ3n) is 5.57. The lowest BCUT2D eigenvalue weighted by atomic mass is 10.1. The van der Waals surface area contributed by atoms with E-state index in [1.54, 1.807) is 19.1 Å². The van der Waals surface area contributed by atoms with Gasteiger partial charge in [-0.3, -0.25) is 0 Å².